The first-order valence-corrected chi connectivity index (χ1v) is 14.8. The van der Waals surface area contributed by atoms with E-state index in [0.717, 1.165) is 11.6 Å². The number of ether oxygens (including phenoxy) is 4. The lowest BCUT2D eigenvalue weighted by Gasteiger charge is -2.45. The zero-order valence-corrected chi connectivity index (χ0v) is 25.6. The van der Waals surface area contributed by atoms with Crippen LogP contribution in [0, 0.1) is 0 Å². The Morgan fingerprint density at radius 1 is 0.872 bits per heavy atom. The van der Waals surface area contributed by atoms with E-state index < -0.39 is 84.9 Å². The molecule has 0 saturated carbocycles. The smallest absolute Gasteiger partial charge is 0.239 e. The maximum Gasteiger partial charge on any atom is 0.239 e. The van der Waals surface area contributed by atoms with E-state index >= 15 is 0 Å². The molecule has 10 atom stereocenters. The van der Waals surface area contributed by atoms with Crippen LogP contribution in [-0.4, -0.2) is 114 Å². The van der Waals surface area contributed by atoms with Gasteiger partial charge in [-0.2, -0.15) is 0 Å². The van der Waals surface area contributed by atoms with Crippen molar-refractivity contribution in [1.29, 1.82) is 0 Å². The van der Waals surface area contributed by atoms with Gasteiger partial charge in [0, 0.05) is 17.2 Å². The molecule has 15 nitrogen and oxygen atoms in total. The maximum absolute atomic E-state index is 14.2. The Labute approximate surface area is 267 Å². The Balaban J connectivity index is 1.64. The van der Waals surface area contributed by atoms with Crippen LogP contribution in [0.25, 0.3) is 22.3 Å². The van der Waals surface area contributed by atoms with Crippen LogP contribution < -0.4 is 10.2 Å². The van der Waals surface area contributed by atoms with Crippen molar-refractivity contribution in [3.05, 3.63) is 57.8 Å². The number of phenols is 3. The first-order chi connectivity index (χ1) is 22.2. The summed E-state index contributed by atoms with van der Waals surface area (Å²) in [5, 5.41) is 93.3. The van der Waals surface area contributed by atoms with Gasteiger partial charge in [0.25, 0.3) is 0 Å². The van der Waals surface area contributed by atoms with Gasteiger partial charge in [-0.1, -0.05) is 11.6 Å². The van der Waals surface area contributed by atoms with Gasteiger partial charge in [-0.25, -0.2) is 0 Å². The van der Waals surface area contributed by atoms with Crippen molar-refractivity contribution in [1.82, 2.24) is 0 Å². The lowest BCUT2D eigenvalue weighted by molar-refractivity contribution is -0.355. The molecule has 15 heteroatoms. The average Bonchev–Trinajstić information content (AvgIpc) is 3.02. The third kappa shape index (κ3) is 6.67. The number of aliphatic hydroxyl groups excluding tert-OH is 6. The maximum atomic E-state index is 14.2. The minimum Gasteiger partial charge on any atom is -0.508 e. The standard InChI is InChI=1S/C32H38O15/c1-12(2)4-9-16-17(35)10-18(36)20-23(39)29(27(45-28(16)20)14-5-7-15(34)8-6-14)46-32-30(25(41)21(37)13(3)43-32)47-31-26(42)24(40)22(38)19(11-33)44-31/h4-8,10,13,19,21-22,24-26,30-38,40-42H,9,11H2,1-3H3/t13-,19-,21-,22-,24+,25+,26-,30+,31-,32+/m1/s1. The number of hydrogen-bond donors (Lipinski definition) is 9. The number of benzene rings is 2. The van der Waals surface area contributed by atoms with Crippen LogP contribution in [0.3, 0.4) is 0 Å². The van der Waals surface area contributed by atoms with Crippen molar-refractivity contribution in [3.63, 3.8) is 0 Å². The molecule has 2 aliphatic heterocycles. The molecular formula is C32H38O15. The molecule has 3 aromatic rings. The summed E-state index contributed by atoms with van der Waals surface area (Å²) in [4.78, 5) is 14.2. The molecule has 2 fully saturated rings. The van der Waals surface area contributed by atoms with E-state index in [1.54, 1.807) is 6.08 Å². The summed E-state index contributed by atoms with van der Waals surface area (Å²) < 4.78 is 29.2. The van der Waals surface area contributed by atoms with Gasteiger partial charge in [0.1, 0.15) is 64.8 Å². The third-order valence-electron chi connectivity index (χ3n) is 8.19. The van der Waals surface area contributed by atoms with E-state index in [-0.39, 0.29) is 45.8 Å². The number of allylic oxidation sites excluding steroid dienone is 2. The van der Waals surface area contributed by atoms with Crippen molar-refractivity contribution in [2.24, 2.45) is 0 Å². The zero-order chi connectivity index (χ0) is 34.3. The molecule has 2 aliphatic rings. The summed E-state index contributed by atoms with van der Waals surface area (Å²) in [5.41, 5.74) is 0.231. The zero-order valence-electron chi connectivity index (χ0n) is 25.6. The van der Waals surface area contributed by atoms with Crippen molar-refractivity contribution in [2.75, 3.05) is 6.61 Å². The Morgan fingerprint density at radius 2 is 1.55 bits per heavy atom. The Hall–Kier alpha value is -3.77. The minimum atomic E-state index is -1.89. The number of hydrogen-bond acceptors (Lipinski definition) is 15. The van der Waals surface area contributed by atoms with Crippen LogP contribution in [0.2, 0.25) is 0 Å². The molecule has 9 N–H and O–H groups in total. The first-order valence-electron chi connectivity index (χ1n) is 14.8. The molecule has 0 radical (unpaired) electrons. The van der Waals surface area contributed by atoms with Crippen LogP contribution in [0.4, 0.5) is 0 Å². The van der Waals surface area contributed by atoms with E-state index in [1.165, 1.54) is 31.2 Å². The molecule has 5 rings (SSSR count). The highest BCUT2D eigenvalue weighted by molar-refractivity contribution is 5.91. The number of aliphatic hydroxyl groups is 6. The van der Waals surface area contributed by atoms with Gasteiger partial charge < -0.3 is 69.3 Å². The van der Waals surface area contributed by atoms with Gasteiger partial charge in [0.05, 0.1) is 12.7 Å². The molecule has 0 unspecified atom stereocenters. The van der Waals surface area contributed by atoms with Gasteiger partial charge in [-0.3, -0.25) is 4.79 Å². The number of aromatic hydroxyl groups is 3. The summed E-state index contributed by atoms with van der Waals surface area (Å²) in [6.07, 6.45) is -14.6. The fourth-order valence-corrected chi connectivity index (χ4v) is 5.48. The molecular weight excluding hydrogens is 624 g/mol. The summed E-state index contributed by atoms with van der Waals surface area (Å²) in [5.74, 6) is -1.85. The topological polar surface area (TPSA) is 249 Å². The van der Waals surface area contributed by atoms with Crippen molar-refractivity contribution in [2.45, 2.75) is 88.6 Å². The molecule has 3 heterocycles. The van der Waals surface area contributed by atoms with E-state index in [0.29, 0.717) is 0 Å². The van der Waals surface area contributed by atoms with Gasteiger partial charge in [0.2, 0.25) is 17.5 Å². The molecule has 47 heavy (non-hydrogen) atoms. The highest BCUT2D eigenvalue weighted by atomic mass is 16.8. The molecule has 256 valence electrons. The summed E-state index contributed by atoms with van der Waals surface area (Å²) in [6.45, 7) is 4.31. The van der Waals surface area contributed by atoms with Gasteiger partial charge >= 0.3 is 0 Å². The van der Waals surface area contributed by atoms with Gasteiger partial charge in [-0.15, -0.1) is 0 Å². The van der Waals surface area contributed by atoms with Crippen molar-refractivity contribution >= 4 is 11.0 Å². The molecule has 2 aromatic carbocycles. The van der Waals surface area contributed by atoms with Crippen LogP contribution in [0.5, 0.6) is 23.0 Å². The summed E-state index contributed by atoms with van der Waals surface area (Å²) >= 11 is 0. The van der Waals surface area contributed by atoms with Crippen LogP contribution in [0.1, 0.15) is 26.3 Å². The lowest BCUT2D eigenvalue weighted by Crippen LogP contribution is -2.64. The molecule has 0 amide bonds. The van der Waals surface area contributed by atoms with Gasteiger partial charge in [0.15, 0.2) is 18.2 Å². The highest BCUT2D eigenvalue weighted by Crippen LogP contribution is 2.40. The first kappa shape index (κ1) is 34.6. The Bertz CT molecular complexity index is 1660. The predicted octanol–water partition coefficient (Wildman–Crippen LogP) is 0.116. The predicted molar refractivity (Wildman–Crippen MR) is 162 cm³/mol. The Kier molecular flexibility index (Phi) is 10.1. The van der Waals surface area contributed by atoms with E-state index in [9.17, 15) is 50.8 Å². The second-order valence-electron chi connectivity index (χ2n) is 11.8. The van der Waals surface area contributed by atoms with Crippen molar-refractivity contribution in [3.8, 4) is 34.3 Å². The molecule has 2 saturated heterocycles. The van der Waals surface area contributed by atoms with Crippen molar-refractivity contribution < 1.29 is 69.3 Å². The second-order valence-corrected chi connectivity index (χ2v) is 11.8. The Morgan fingerprint density at radius 3 is 2.19 bits per heavy atom. The second kappa shape index (κ2) is 13.8. The van der Waals surface area contributed by atoms with Crippen LogP contribution in [-0.2, 0) is 20.6 Å². The summed E-state index contributed by atoms with van der Waals surface area (Å²) in [7, 11) is 0. The van der Waals surface area contributed by atoms with E-state index in [4.69, 9.17) is 23.4 Å². The third-order valence-corrected chi connectivity index (χ3v) is 8.19. The average molecular weight is 663 g/mol. The fraction of sp³-hybridized carbons (Fsp3) is 0.469. The SMILES string of the molecule is CC(C)=CCc1c(O)cc(O)c2c(=O)c(O[C@@H]3O[C@H](C)[C@@H](O)[C@H](O)[C@@H]3O[C@H]3O[C@H](CO)[C@@H](O)[C@H](O)[C@H]3O)c(-c3ccc(O)cc3)oc12. The number of rotatable bonds is 8. The van der Waals surface area contributed by atoms with Crippen LogP contribution in [0.15, 0.2) is 51.2 Å². The highest BCUT2D eigenvalue weighted by Gasteiger charge is 2.51. The quantitative estimate of drug-likeness (QED) is 0.145. The largest absolute Gasteiger partial charge is 0.508 e. The van der Waals surface area contributed by atoms with Gasteiger partial charge in [-0.05, 0) is 51.5 Å². The fourth-order valence-electron chi connectivity index (χ4n) is 5.48. The minimum absolute atomic E-state index is 0.103. The molecule has 0 bridgehead atoms. The van der Waals surface area contributed by atoms with E-state index in [1.807, 2.05) is 13.8 Å². The monoisotopic (exact) mass is 662 g/mol. The number of phenolic OH excluding ortho intramolecular Hbond substituents is 3. The van der Waals surface area contributed by atoms with Crippen LogP contribution >= 0.6 is 0 Å². The summed E-state index contributed by atoms with van der Waals surface area (Å²) in [6, 6.07) is 6.45. The number of fused-ring (bicyclic) bond motifs is 1. The lowest BCUT2D eigenvalue weighted by atomic mass is 9.97. The normalized spacial score (nSPS) is 31.1. The molecule has 0 spiro atoms. The molecule has 1 aromatic heterocycles. The van der Waals surface area contributed by atoms with E-state index in [2.05, 4.69) is 0 Å². The molecule has 0 aliphatic carbocycles.